The molecule has 4 nitrogen and oxygen atoms in total. The topological polar surface area (TPSA) is 50.9 Å². The summed E-state index contributed by atoms with van der Waals surface area (Å²) < 4.78 is 14.6. The number of hydrogen-bond acceptors (Lipinski definition) is 3. The van der Waals surface area contributed by atoms with Gasteiger partial charge in [-0.15, -0.1) is 0 Å². The quantitative estimate of drug-likeness (QED) is 0.927. The van der Waals surface area contributed by atoms with Crippen LogP contribution in [0.2, 0.25) is 5.02 Å². The maximum Gasteiger partial charge on any atom is 0.138 e. The Labute approximate surface area is 109 Å². The van der Waals surface area contributed by atoms with E-state index in [0.717, 1.165) is 0 Å². The fraction of sp³-hybridized carbons (Fsp3) is 0.333. The Morgan fingerprint density at radius 1 is 1.50 bits per heavy atom. The Bertz CT molecular complexity index is 544. The number of halogens is 2. The molecule has 1 unspecified atom stereocenters. The SMILES string of the molecule is CCn1ncnc1CC(O)c1ccc(F)cc1Cl. The van der Waals surface area contributed by atoms with E-state index < -0.39 is 11.9 Å². The molecule has 6 heteroatoms. The van der Waals surface area contributed by atoms with E-state index in [9.17, 15) is 9.50 Å². The average Bonchev–Trinajstić information content (AvgIpc) is 2.76. The number of aryl methyl sites for hydroxylation is 1. The van der Waals surface area contributed by atoms with Crippen LogP contribution in [0, 0.1) is 5.82 Å². The fourth-order valence-electron chi connectivity index (χ4n) is 1.76. The molecule has 96 valence electrons. The third-order valence-corrected chi connectivity index (χ3v) is 3.02. The molecule has 0 saturated carbocycles. The minimum absolute atomic E-state index is 0.213. The maximum absolute atomic E-state index is 12.9. The predicted molar refractivity (Wildman–Crippen MR) is 65.8 cm³/mol. The highest BCUT2D eigenvalue weighted by Gasteiger charge is 2.15. The summed E-state index contributed by atoms with van der Waals surface area (Å²) in [5.74, 6) is 0.248. The van der Waals surface area contributed by atoms with E-state index in [-0.39, 0.29) is 5.02 Å². The Balaban J connectivity index is 2.19. The van der Waals surface area contributed by atoms with Gasteiger partial charge >= 0.3 is 0 Å². The van der Waals surface area contributed by atoms with Crippen LogP contribution in [0.15, 0.2) is 24.5 Å². The molecule has 0 amide bonds. The van der Waals surface area contributed by atoms with Crippen molar-refractivity contribution in [1.29, 1.82) is 0 Å². The van der Waals surface area contributed by atoms with E-state index >= 15 is 0 Å². The van der Waals surface area contributed by atoms with Gasteiger partial charge in [-0.2, -0.15) is 5.10 Å². The van der Waals surface area contributed by atoms with E-state index in [0.29, 0.717) is 24.4 Å². The minimum atomic E-state index is -0.826. The van der Waals surface area contributed by atoms with Gasteiger partial charge in [0.15, 0.2) is 0 Å². The zero-order valence-corrected chi connectivity index (χ0v) is 10.6. The molecule has 1 atom stereocenters. The highest BCUT2D eigenvalue weighted by molar-refractivity contribution is 6.31. The first-order valence-corrected chi connectivity index (χ1v) is 5.99. The van der Waals surface area contributed by atoms with E-state index in [1.807, 2.05) is 6.92 Å². The number of aliphatic hydroxyl groups excluding tert-OH is 1. The van der Waals surface area contributed by atoms with E-state index in [4.69, 9.17) is 11.6 Å². The van der Waals surface area contributed by atoms with E-state index in [1.165, 1.54) is 24.5 Å². The summed E-state index contributed by atoms with van der Waals surface area (Å²) in [7, 11) is 0. The molecule has 0 bridgehead atoms. The van der Waals surface area contributed by atoms with Crippen molar-refractivity contribution in [3.05, 3.63) is 46.8 Å². The van der Waals surface area contributed by atoms with Crippen molar-refractivity contribution >= 4 is 11.6 Å². The Kier molecular flexibility index (Phi) is 3.93. The first kappa shape index (κ1) is 13.0. The number of aromatic nitrogens is 3. The Morgan fingerprint density at radius 3 is 2.94 bits per heavy atom. The molecule has 1 aromatic heterocycles. The normalized spacial score (nSPS) is 12.7. The second kappa shape index (κ2) is 5.46. The lowest BCUT2D eigenvalue weighted by Crippen LogP contribution is -2.10. The summed E-state index contributed by atoms with van der Waals surface area (Å²) in [4.78, 5) is 4.07. The molecule has 0 aliphatic rings. The number of rotatable bonds is 4. The van der Waals surface area contributed by atoms with Gasteiger partial charge in [0.1, 0.15) is 18.0 Å². The molecule has 0 saturated heterocycles. The Morgan fingerprint density at radius 2 is 2.28 bits per heavy atom. The summed E-state index contributed by atoms with van der Waals surface area (Å²) in [5, 5.41) is 14.3. The number of nitrogens with zero attached hydrogens (tertiary/aromatic N) is 3. The fourth-order valence-corrected chi connectivity index (χ4v) is 2.06. The molecule has 0 radical (unpaired) electrons. The minimum Gasteiger partial charge on any atom is -0.388 e. The molecular formula is C12H13ClFN3O. The van der Waals surface area contributed by atoms with Gasteiger partial charge in [-0.3, -0.25) is 4.68 Å². The van der Waals surface area contributed by atoms with Crippen molar-refractivity contribution in [2.75, 3.05) is 0 Å². The van der Waals surface area contributed by atoms with Crippen molar-refractivity contribution in [3.63, 3.8) is 0 Å². The van der Waals surface area contributed by atoms with Gasteiger partial charge in [-0.05, 0) is 24.6 Å². The van der Waals surface area contributed by atoms with E-state index in [1.54, 1.807) is 4.68 Å². The summed E-state index contributed by atoms with van der Waals surface area (Å²) in [5.41, 5.74) is 0.490. The van der Waals surface area contributed by atoms with Crippen LogP contribution in [0.4, 0.5) is 4.39 Å². The molecule has 18 heavy (non-hydrogen) atoms. The van der Waals surface area contributed by atoms with Crippen LogP contribution in [-0.2, 0) is 13.0 Å². The number of hydrogen-bond donors (Lipinski definition) is 1. The van der Waals surface area contributed by atoms with Crippen LogP contribution >= 0.6 is 11.6 Å². The van der Waals surface area contributed by atoms with Gasteiger partial charge in [-0.25, -0.2) is 9.37 Å². The van der Waals surface area contributed by atoms with Crippen molar-refractivity contribution < 1.29 is 9.50 Å². The van der Waals surface area contributed by atoms with Gasteiger partial charge < -0.3 is 5.11 Å². The van der Waals surface area contributed by atoms with Crippen LogP contribution < -0.4 is 0 Å². The van der Waals surface area contributed by atoms with E-state index in [2.05, 4.69) is 10.1 Å². The molecule has 2 aromatic rings. The van der Waals surface area contributed by atoms with Gasteiger partial charge in [0, 0.05) is 18.0 Å². The van der Waals surface area contributed by atoms with Crippen LogP contribution in [0.3, 0.4) is 0 Å². The highest BCUT2D eigenvalue weighted by atomic mass is 35.5. The third kappa shape index (κ3) is 2.68. The van der Waals surface area contributed by atoms with Crippen molar-refractivity contribution in [2.45, 2.75) is 26.0 Å². The molecule has 1 aromatic carbocycles. The third-order valence-electron chi connectivity index (χ3n) is 2.69. The lowest BCUT2D eigenvalue weighted by molar-refractivity contribution is 0.174. The molecule has 0 aliphatic carbocycles. The lowest BCUT2D eigenvalue weighted by atomic mass is 10.1. The number of benzene rings is 1. The second-order valence-electron chi connectivity index (χ2n) is 3.88. The molecule has 1 N–H and O–H groups in total. The molecule has 0 spiro atoms. The summed E-state index contributed by atoms with van der Waals surface area (Å²) in [6.45, 7) is 2.62. The monoisotopic (exact) mass is 269 g/mol. The Hall–Kier alpha value is -1.46. The zero-order chi connectivity index (χ0) is 13.1. The van der Waals surface area contributed by atoms with Crippen molar-refractivity contribution in [3.8, 4) is 0 Å². The van der Waals surface area contributed by atoms with Gasteiger partial charge in [0.2, 0.25) is 0 Å². The smallest absolute Gasteiger partial charge is 0.138 e. The molecule has 1 heterocycles. The standard InChI is InChI=1S/C12H13ClFN3O/c1-2-17-12(15-7-16-17)6-11(18)9-4-3-8(14)5-10(9)13/h3-5,7,11,18H,2,6H2,1H3. The maximum atomic E-state index is 12.9. The first-order chi connectivity index (χ1) is 8.61. The molecule has 0 fully saturated rings. The molecular weight excluding hydrogens is 257 g/mol. The average molecular weight is 270 g/mol. The van der Waals surface area contributed by atoms with Crippen LogP contribution in [0.5, 0.6) is 0 Å². The predicted octanol–water partition coefficient (Wildman–Crippen LogP) is 2.37. The van der Waals surface area contributed by atoms with Crippen molar-refractivity contribution in [1.82, 2.24) is 14.8 Å². The van der Waals surface area contributed by atoms with Crippen LogP contribution in [0.1, 0.15) is 24.4 Å². The van der Waals surface area contributed by atoms with Crippen LogP contribution in [-0.4, -0.2) is 19.9 Å². The number of aliphatic hydroxyl groups is 1. The zero-order valence-electron chi connectivity index (χ0n) is 9.85. The van der Waals surface area contributed by atoms with Crippen LogP contribution in [0.25, 0.3) is 0 Å². The van der Waals surface area contributed by atoms with Gasteiger partial charge in [-0.1, -0.05) is 17.7 Å². The van der Waals surface area contributed by atoms with Gasteiger partial charge in [0.25, 0.3) is 0 Å². The van der Waals surface area contributed by atoms with Crippen molar-refractivity contribution in [2.24, 2.45) is 0 Å². The van der Waals surface area contributed by atoms with Gasteiger partial charge in [0.05, 0.1) is 6.10 Å². The summed E-state index contributed by atoms with van der Waals surface area (Å²) in [6.07, 6.45) is 0.907. The molecule has 2 rings (SSSR count). The largest absolute Gasteiger partial charge is 0.388 e. The lowest BCUT2D eigenvalue weighted by Gasteiger charge is -2.12. The second-order valence-corrected chi connectivity index (χ2v) is 4.28. The first-order valence-electron chi connectivity index (χ1n) is 5.61. The molecule has 0 aliphatic heterocycles. The highest BCUT2D eigenvalue weighted by Crippen LogP contribution is 2.25. The summed E-state index contributed by atoms with van der Waals surface area (Å²) >= 11 is 5.90. The summed E-state index contributed by atoms with van der Waals surface area (Å²) in [6, 6.07) is 3.94.